The lowest BCUT2D eigenvalue weighted by molar-refractivity contribution is -0.133. The Morgan fingerprint density at radius 1 is 1.19 bits per heavy atom. The number of fused-ring (bicyclic) bond motifs is 1. The summed E-state index contributed by atoms with van der Waals surface area (Å²) < 4.78 is 30.1. The zero-order valence-electron chi connectivity index (χ0n) is 15.0. The maximum Gasteiger partial charge on any atom is 0.224 e. The molecule has 1 aliphatic rings. The zero-order chi connectivity index (χ0) is 18.7. The number of hydrogen-bond donors (Lipinski definition) is 0. The molecule has 0 fully saturated rings. The van der Waals surface area contributed by atoms with Crippen LogP contribution in [0.2, 0.25) is 0 Å². The Labute approximate surface area is 154 Å². The lowest BCUT2D eigenvalue weighted by atomic mass is 9.93. The molecule has 0 N–H and O–H groups in total. The van der Waals surface area contributed by atoms with Crippen molar-refractivity contribution in [3.8, 4) is 5.75 Å². The van der Waals surface area contributed by atoms with E-state index in [9.17, 15) is 13.2 Å². The topological polar surface area (TPSA) is 63.7 Å². The quantitative estimate of drug-likeness (QED) is 0.808. The van der Waals surface area contributed by atoms with Gasteiger partial charge in [0.2, 0.25) is 5.91 Å². The van der Waals surface area contributed by atoms with E-state index in [1.165, 1.54) is 5.56 Å². The standard InChI is InChI=1S/C20H23NO4S/c1-15-19-14-17(25-2)9-8-16(19)10-12-21(15)20(22)11-13-26(23,24)18-6-4-3-5-7-18/h3-9,14-15H,10-13H2,1-2H3. The van der Waals surface area contributed by atoms with Gasteiger partial charge in [-0.25, -0.2) is 8.42 Å². The van der Waals surface area contributed by atoms with E-state index >= 15 is 0 Å². The number of methoxy groups -OCH3 is 1. The molecule has 2 aromatic carbocycles. The van der Waals surface area contributed by atoms with Gasteiger partial charge in [0.25, 0.3) is 0 Å². The lowest BCUT2D eigenvalue weighted by Gasteiger charge is -2.35. The van der Waals surface area contributed by atoms with Gasteiger partial charge in [0, 0.05) is 13.0 Å². The molecule has 6 heteroatoms. The lowest BCUT2D eigenvalue weighted by Crippen LogP contribution is -2.39. The molecule has 0 aliphatic carbocycles. The highest BCUT2D eigenvalue weighted by Gasteiger charge is 2.28. The Hall–Kier alpha value is -2.34. The summed E-state index contributed by atoms with van der Waals surface area (Å²) in [7, 11) is -1.83. The van der Waals surface area contributed by atoms with Crippen LogP contribution < -0.4 is 4.74 Å². The monoisotopic (exact) mass is 373 g/mol. The molecule has 0 radical (unpaired) electrons. The molecule has 138 valence electrons. The van der Waals surface area contributed by atoms with Gasteiger partial charge in [0.05, 0.1) is 23.8 Å². The highest BCUT2D eigenvalue weighted by Crippen LogP contribution is 2.32. The number of hydrogen-bond acceptors (Lipinski definition) is 4. The van der Waals surface area contributed by atoms with Crippen molar-refractivity contribution in [3.63, 3.8) is 0 Å². The molecule has 0 spiro atoms. The molecule has 0 saturated heterocycles. The number of sulfone groups is 1. The van der Waals surface area contributed by atoms with E-state index in [1.54, 1.807) is 42.3 Å². The summed E-state index contributed by atoms with van der Waals surface area (Å²) in [5.41, 5.74) is 2.27. The fraction of sp³-hybridized carbons (Fsp3) is 0.350. The number of ether oxygens (including phenoxy) is 1. The summed E-state index contributed by atoms with van der Waals surface area (Å²) in [6.07, 6.45) is 0.752. The van der Waals surface area contributed by atoms with Gasteiger partial charge in [-0.15, -0.1) is 0 Å². The summed E-state index contributed by atoms with van der Waals surface area (Å²) in [5, 5.41) is 0. The molecule has 1 heterocycles. The molecule has 0 saturated carbocycles. The second kappa shape index (κ2) is 7.50. The maximum absolute atomic E-state index is 12.7. The fourth-order valence-electron chi connectivity index (χ4n) is 3.37. The number of amides is 1. The highest BCUT2D eigenvalue weighted by atomic mass is 32.2. The Morgan fingerprint density at radius 3 is 2.62 bits per heavy atom. The average molecular weight is 373 g/mol. The molecular weight excluding hydrogens is 350 g/mol. The summed E-state index contributed by atoms with van der Waals surface area (Å²) >= 11 is 0. The van der Waals surface area contributed by atoms with Crippen molar-refractivity contribution in [1.82, 2.24) is 4.90 Å². The first-order valence-electron chi connectivity index (χ1n) is 8.66. The molecular formula is C20H23NO4S. The summed E-state index contributed by atoms with van der Waals surface area (Å²) in [4.78, 5) is 14.7. The van der Waals surface area contributed by atoms with Crippen molar-refractivity contribution in [2.75, 3.05) is 19.4 Å². The van der Waals surface area contributed by atoms with Crippen LogP contribution in [0.25, 0.3) is 0 Å². The summed E-state index contributed by atoms with van der Waals surface area (Å²) in [6.45, 7) is 2.58. The maximum atomic E-state index is 12.7. The fourth-order valence-corrected chi connectivity index (χ4v) is 4.62. The number of benzene rings is 2. The molecule has 26 heavy (non-hydrogen) atoms. The smallest absolute Gasteiger partial charge is 0.224 e. The third-order valence-corrected chi connectivity index (χ3v) is 6.63. The molecule has 1 unspecified atom stereocenters. The van der Waals surface area contributed by atoms with Crippen molar-refractivity contribution < 1.29 is 17.9 Å². The molecule has 1 amide bonds. The van der Waals surface area contributed by atoms with Crippen LogP contribution in [-0.2, 0) is 21.1 Å². The second-order valence-electron chi connectivity index (χ2n) is 6.46. The minimum atomic E-state index is -3.45. The molecule has 0 bridgehead atoms. The number of nitrogens with zero attached hydrogens (tertiary/aromatic N) is 1. The van der Waals surface area contributed by atoms with E-state index in [0.29, 0.717) is 6.54 Å². The predicted octanol–water partition coefficient (Wildman–Crippen LogP) is 3.00. The first-order chi connectivity index (χ1) is 12.4. The summed E-state index contributed by atoms with van der Waals surface area (Å²) in [6, 6.07) is 14.1. The SMILES string of the molecule is COc1ccc2c(c1)C(C)N(C(=O)CCS(=O)(=O)c1ccccc1)CC2. The largest absolute Gasteiger partial charge is 0.497 e. The number of rotatable bonds is 5. The number of carbonyl (C=O) groups excluding carboxylic acids is 1. The Balaban J connectivity index is 1.71. The molecule has 0 aromatic heterocycles. The van der Waals surface area contributed by atoms with Crippen LogP contribution in [-0.4, -0.2) is 38.6 Å². The van der Waals surface area contributed by atoms with Gasteiger partial charge in [-0.3, -0.25) is 4.79 Å². The molecule has 5 nitrogen and oxygen atoms in total. The third-order valence-electron chi connectivity index (χ3n) is 4.90. The Bertz CT molecular complexity index is 893. The van der Waals surface area contributed by atoms with Crippen LogP contribution in [0.1, 0.15) is 30.5 Å². The predicted molar refractivity (Wildman–Crippen MR) is 99.9 cm³/mol. The minimum absolute atomic E-state index is 0.0130. The zero-order valence-corrected chi connectivity index (χ0v) is 15.8. The van der Waals surface area contributed by atoms with Gasteiger partial charge in [-0.1, -0.05) is 24.3 Å². The van der Waals surface area contributed by atoms with Crippen LogP contribution in [0.3, 0.4) is 0 Å². The van der Waals surface area contributed by atoms with E-state index in [0.717, 1.165) is 17.7 Å². The van der Waals surface area contributed by atoms with E-state index in [4.69, 9.17) is 4.74 Å². The van der Waals surface area contributed by atoms with E-state index in [2.05, 4.69) is 0 Å². The van der Waals surface area contributed by atoms with Crippen LogP contribution in [0, 0.1) is 0 Å². The van der Waals surface area contributed by atoms with Gasteiger partial charge in [0.1, 0.15) is 5.75 Å². The van der Waals surface area contributed by atoms with E-state index in [1.807, 2.05) is 25.1 Å². The first kappa shape index (κ1) is 18.5. The number of carbonyl (C=O) groups is 1. The minimum Gasteiger partial charge on any atom is -0.497 e. The van der Waals surface area contributed by atoms with E-state index in [-0.39, 0.29) is 29.0 Å². The Morgan fingerprint density at radius 2 is 1.92 bits per heavy atom. The van der Waals surface area contributed by atoms with Crippen molar-refractivity contribution in [2.24, 2.45) is 0 Å². The van der Waals surface area contributed by atoms with Crippen molar-refractivity contribution in [3.05, 3.63) is 59.7 Å². The first-order valence-corrected chi connectivity index (χ1v) is 10.3. The van der Waals surface area contributed by atoms with Gasteiger partial charge in [-0.2, -0.15) is 0 Å². The van der Waals surface area contributed by atoms with Gasteiger partial charge in [0.15, 0.2) is 9.84 Å². The molecule has 1 atom stereocenters. The average Bonchev–Trinajstić information content (AvgIpc) is 2.67. The van der Waals surface area contributed by atoms with E-state index < -0.39 is 9.84 Å². The molecule has 2 aromatic rings. The van der Waals surface area contributed by atoms with Crippen LogP contribution in [0.5, 0.6) is 5.75 Å². The van der Waals surface area contributed by atoms with Crippen LogP contribution >= 0.6 is 0 Å². The van der Waals surface area contributed by atoms with Crippen molar-refractivity contribution in [2.45, 2.75) is 30.7 Å². The normalized spacial score (nSPS) is 16.8. The van der Waals surface area contributed by atoms with Crippen LogP contribution in [0.4, 0.5) is 0 Å². The molecule has 3 rings (SSSR count). The van der Waals surface area contributed by atoms with Crippen LogP contribution in [0.15, 0.2) is 53.4 Å². The highest BCUT2D eigenvalue weighted by molar-refractivity contribution is 7.91. The van der Waals surface area contributed by atoms with Gasteiger partial charge < -0.3 is 9.64 Å². The van der Waals surface area contributed by atoms with Gasteiger partial charge in [-0.05, 0) is 48.7 Å². The Kier molecular flexibility index (Phi) is 5.32. The van der Waals surface area contributed by atoms with Crippen molar-refractivity contribution >= 4 is 15.7 Å². The molecule has 1 aliphatic heterocycles. The second-order valence-corrected chi connectivity index (χ2v) is 8.57. The van der Waals surface area contributed by atoms with Crippen molar-refractivity contribution in [1.29, 1.82) is 0 Å². The summed E-state index contributed by atoms with van der Waals surface area (Å²) in [5.74, 6) is 0.450. The third kappa shape index (κ3) is 3.75. The van der Waals surface area contributed by atoms with Gasteiger partial charge >= 0.3 is 0 Å².